The van der Waals surface area contributed by atoms with Crippen LogP contribution in [-0.4, -0.2) is 42.1 Å². The highest BCUT2D eigenvalue weighted by molar-refractivity contribution is 7.15. The number of carbonyl (C=O) groups is 1. The van der Waals surface area contributed by atoms with Gasteiger partial charge in [0.25, 0.3) is 5.92 Å². The number of aryl methyl sites for hydroxylation is 1. The van der Waals surface area contributed by atoms with Gasteiger partial charge in [-0.25, -0.2) is 18.2 Å². The molecule has 1 aromatic carbocycles. The first-order valence-corrected chi connectivity index (χ1v) is 12.5. The number of hydrogen-bond acceptors (Lipinski definition) is 5. The zero-order chi connectivity index (χ0) is 24.5. The molecule has 0 spiro atoms. The smallest absolute Gasteiger partial charge is 0.251 e. The van der Waals surface area contributed by atoms with Gasteiger partial charge in [-0.3, -0.25) is 4.79 Å². The van der Waals surface area contributed by atoms with E-state index in [1.807, 2.05) is 42.2 Å². The van der Waals surface area contributed by atoms with E-state index in [-0.39, 0.29) is 31.1 Å². The second kappa shape index (κ2) is 9.95. The Labute approximate surface area is 202 Å². The van der Waals surface area contributed by atoms with Crippen molar-refractivity contribution >= 4 is 22.9 Å². The van der Waals surface area contributed by atoms with Gasteiger partial charge in [-0.2, -0.15) is 5.26 Å². The number of nitrogens with zero attached hydrogens (tertiary/aromatic N) is 3. The molecule has 9 heteroatoms. The van der Waals surface area contributed by atoms with Crippen molar-refractivity contribution in [3.05, 3.63) is 35.0 Å². The number of nitrogens with one attached hydrogen (secondary N) is 1. The summed E-state index contributed by atoms with van der Waals surface area (Å²) in [6.45, 7) is 4.16. The van der Waals surface area contributed by atoms with E-state index in [0.29, 0.717) is 25.9 Å². The lowest BCUT2D eigenvalue weighted by Crippen LogP contribution is -2.41. The van der Waals surface area contributed by atoms with Crippen molar-refractivity contribution in [2.24, 2.45) is 5.92 Å². The molecular formula is C25H29F3N4OS. The maximum Gasteiger partial charge on any atom is 0.251 e. The van der Waals surface area contributed by atoms with Crippen LogP contribution in [0.15, 0.2) is 24.3 Å². The molecule has 1 aliphatic heterocycles. The van der Waals surface area contributed by atoms with Crippen LogP contribution in [0.5, 0.6) is 0 Å². The van der Waals surface area contributed by atoms with E-state index >= 15 is 0 Å². The van der Waals surface area contributed by atoms with Crippen molar-refractivity contribution in [3.63, 3.8) is 0 Å². The molecule has 1 saturated heterocycles. The molecule has 2 fully saturated rings. The Morgan fingerprint density at radius 1 is 1.26 bits per heavy atom. The number of benzene rings is 1. The fourth-order valence-corrected chi connectivity index (χ4v) is 5.90. The van der Waals surface area contributed by atoms with Crippen molar-refractivity contribution in [1.29, 1.82) is 5.26 Å². The minimum Gasteiger partial charge on any atom is -0.371 e. The van der Waals surface area contributed by atoms with Crippen molar-refractivity contribution in [2.75, 3.05) is 18.0 Å². The molecule has 2 aliphatic rings. The number of alkyl halides is 3. The lowest BCUT2D eigenvalue weighted by molar-refractivity contribution is -0.127. The van der Waals surface area contributed by atoms with Crippen LogP contribution in [0, 0.1) is 24.2 Å². The van der Waals surface area contributed by atoms with Gasteiger partial charge in [0.2, 0.25) is 5.91 Å². The summed E-state index contributed by atoms with van der Waals surface area (Å²) in [4.78, 5) is 20.6. The van der Waals surface area contributed by atoms with Crippen molar-refractivity contribution in [2.45, 2.75) is 70.0 Å². The van der Waals surface area contributed by atoms with Crippen LogP contribution in [0.25, 0.3) is 10.4 Å². The average molecular weight is 491 g/mol. The number of piperidine rings is 1. The third-order valence-electron chi connectivity index (χ3n) is 6.78. The predicted molar refractivity (Wildman–Crippen MR) is 127 cm³/mol. The van der Waals surface area contributed by atoms with Gasteiger partial charge in [-0.15, -0.1) is 11.3 Å². The van der Waals surface area contributed by atoms with Gasteiger partial charge < -0.3 is 10.2 Å². The number of halogens is 3. The molecule has 2 heterocycles. The Morgan fingerprint density at radius 3 is 2.59 bits per heavy atom. The third-order valence-corrected chi connectivity index (χ3v) is 7.81. The zero-order valence-electron chi connectivity index (χ0n) is 19.4. The monoisotopic (exact) mass is 490 g/mol. The predicted octanol–water partition coefficient (Wildman–Crippen LogP) is 5.60. The number of anilines is 1. The van der Waals surface area contributed by atoms with E-state index in [1.54, 1.807) is 6.92 Å². The van der Waals surface area contributed by atoms with Crippen LogP contribution in [-0.2, 0) is 4.79 Å². The van der Waals surface area contributed by atoms with E-state index < -0.39 is 24.1 Å². The molecule has 0 radical (unpaired) electrons. The summed E-state index contributed by atoms with van der Waals surface area (Å²) in [5, 5.41) is 12.6. The van der Waals surface area contributed by atoms with Crippen LogP contribution in [0.4, 0.5) is 18.9 Å². The lowest BCUT2D eigenvalue weighted by Gasteiger charge is -2.33. The van der Waals surface area contributed by atoms with Crippen molar-refractivity contribution < 1.29 is 18.0 Å². The average Bonchev–Trinajstić information content (AvgIpc) is 3.20. The van der Waals surface area contributed by atoms with E-state index in [1.165, 1.54) is 11.3 Å². The number of nitriles is 1. The molecule has 0 bridgehead atoms. The molecule has 4 atom stereocenters. The van der Waals surface area contributed by atoms with Crippen LogP contribution in [0.1, 0.15) is 55.6 Å². The van der Waals surface area contributed by atoms with Gasteiger partial charge in [-0.1, -0.05) is 12.1 Å². The van der Waals surface area contributed by atoms with Crippen molar-refractivity contribution in [1.82, 2.24) is 10.3 Å². The summed E-state index contributed by atoms with van der Waals surface area (Å²) in [5.74, 6) is -3.72. The number of amides is 1. The van der Waals surface area contributed by atoms with Crippen LogP contribution in [0.2, 0.25) is 0 Å². The highest BCUT2D eigenvalue weighted by Gasteiger charge is 2.39. The molecule has 1 saturated carbocycles. The summed E-state index contributed by atoms with van der Waals surface area (Å²) in [7, 11) is 0. The molecule has 5 nitrogen and oxygen atoms in total. The third kappa shape index (κ3) is 5.38. The Morgan fingerprint density at radius 2 is 1.94 bits per heavy atom. The molecular weight excluding hydrogens is 461 g/mol. The number of hydrogen-bond donors (Lipinski definition) is 1. The first kappa shape index (κ1) is 24.5. The largest absolute Gasteiger partial charge is 0.371 e. The lowest BCUT2D eigenvalue weighted by atomic mass is 9.75. The second-order valence-corrected chi connectivity index (χ2v) is 10.5. The number of aromatic nitrogens is 1. The van der Waals surface area contributed by atoms with Crippen LogP contribution in [0.3, 0.4) is 0 Å². The minimum absolute atomic E-state index is 0.114. The number of thiazole rings is 1. The highest BCUT2D eigenvalue weighted by atomic mass is 32.1. The van der Waals surface area contributed by atoms with Gasteiger partial charge >= 0.3 is 0 Å². The summed E-state index contributed by atoms with van der Waals surface area (Å²) in [5.41, 5.74) is 2.64. The second-order valence-electron chi connectivity index (χ2n) is 9.32. The Bertz CT molecular complexity index is 1060. The highest BCUT2D eigenvalue weighted by Crippen LogP contribution is 2.45. The van der Waals surface area contributed by atoms with Gasteiger partial charge in [0.15, 0.2) is 0 Å². The Balaban J connectivity index is 1.58. The van der Waals surface area contributed by atoms with E-state index in [4.69, 9.17) is 10.2 Å². The fourth-order valence-electron chi connectivity index (χ4n) is 4.91. The van der Waals surface area contributed by atoms with E-state index in [9.17, 15) is 18.0 Å². The molecule has 4 rings (SSSR count). The summed E-state index contributed by atoms with van der Waals surface area (Å²) < 4.78 is 41.3. The Kier molecular flexibility index (Phi) is 7.17. The summed E-state index contributed by atoms with van der Waals surface area (Å²) in [6, 6.07) is 9.16. The summed E-state index contributed by atoms with van der Waals surface area (Å²) >= 11 is 1.53. The Hall–Kier alpha value is -2.60. The summed E-state index contributed by atoms with van der Waals surface area (Å²) in [6.07, 6.45) is -0.337. The normalized spacial score (nSPS) is 25.4. The van der Waals surface area contributed by atoms with Crippen LogP contribution < -0.4 is 10.2 Å². The van der Waals surface area contributed by atoms with Gasteiger partial charge in [0.05, 0.1) is 21.6 Å². The maximum absolute atomic E-state index is 14.3. The molecule has 1 aromatic heterocycles. The topological polar surface area (TPSA) is 69.0 Å². The van der Waals surface area contributed by atoms with Crippen molar-refractivity contribution in [3.8, 4) is 16.5 Å². The van der Waals surface area contributed by atoms with E-state index in [2.05, 4.69) is 5.32 Å². The standard InChI is InChI=1S/C25H29F3N4OS/c1-15(14-29)30-24(33)21-13-18(26)5-8-20(21)22-23(34-16(2)31-22)17-3-6-19(7-4-17)32-11-9-25(27,28)10-12-32/h3-4,6-7,15,18,20-21H,5,8-13H2,1-2H3,(H,30,33). The SMILES string of the molecule is Cc1nc(C2CCC(F)CC2C(=O)NC(C)C#N)c(-c2ccc(N3CCC(F)(F)CC3)cc2)s1. The molecule has 4 unspecified atom stereocenters. The molecule has 1 N–H and O–H groups in total. The molecule has 1 aliphatic carbocycles. The maximum atomic E-state index is 14.3. The van der Waals surface area contributed by atoms with Gasteiger partial charge in [0.1, 0.15) is 12.2 Å². The fraction of sp³-hybridized carbons (Fsp3) is 0.560. The molecule has 182 valence electrons. The van der Waals surface area contributed by atoms with Gasteiger partial charge in [-0.05, 0) is 50.8 Å². The number of carbonyl (C=O) groups excluding carboxylic acids is 1. The molecule has 2 aromatic rings. The number of rotatable bonds is 5. The van der Waals surface area contributed by atoms with Gasteiger partial charge in [0, 0.05) is 43.5 Å². The minimum atomic E-state index is -2.59. The first-order valence-electron chi connectivity index (χ1n) is 11.7. The quantitative estimate of drug-likeness (QED) is 0.592. The first-order chi connectivity index (χ1) is 16.2. The zero-order valence-corrected chi connectivity index (χ0v) is 20.2. The molecule has 1 amide bonds. The molecule has 34 heavy (non-hydrogen) atoms. The van der Waals surface area contributed by atoms with E-state index in [0.717, 1.165) is 26.8 Å². The van der Waals surface area contributed by atoms with Crippen LogP contribution >= 0.6 is 11.3 Å².